The zero-order valence-corrected chi connectivity index (χ0v) is 9.22. The smallest absolute Gasteiger partial charge is 0.356 e. The molecule has 1 N–H and O–H groups in total. The molecule has 0 aliphatic rings. The van der Waals surface area contributed by atoms with Gasteiger partial charge in [0.2, 0.25) is 0 Å². The minimum atomic E-state index is -1.09. The number of carboxylic acids is 1. The summed E-state index contributed by atoms with van der Waals surface area (Å²) in [6, 6.07) is 6.76. The summed E-state index contributed by atoms with van der Waals surface area (Å²) in [5, 5.41) is 17.8. The summed E-state index contributed by atoms with van der Waals surface area (Å²) >= 11 is 5.88. The van der Waals surface area contributed by atoms with Crippen molar-refractivity contribution >= 4 is 17.6 Å². The van der Waals surface area contributed by atoms with Crippen molar-refractivity contribution in [3.8, 4) is 11.8 Å². The molecular weight excluding hydrogens is 242 g/mol. The Morgan fingerprint density at radius 3 is 2.82 bits per heavy atom. The van der Waals surface area contributed by atoms with Crippen LogP contribution in [0, 0.1) is 11.3 Å². The first-order valence-corrected chi connectivity index (χ1v) is 4.97. The summed E-state index contributed by atoms with van der Waals surface area (Å²) in [5.41, 5.74) is 0.966. The van der Waals surface area contributed by atoms with Crippen molar-refractivity contribution in [1.82, 2.24) is 9.55 Å². The van der Waals surface area contributed by atoms with Crippen molar-refractivity contribution in [2.24, 2.45) is 0 Å². The van der Waals surface area contributed by atoms with Crippen molar-refractivity contribution < 1.29 is 9.90 Å². The van der Waals surface area contributed by atoms with Crippen molar-refractivity contribution in [3.05, 3.63) is 47.0 Å². The molecule has 2 rings (SSSR count). The summed E-state index contributed by atoms with van der Waals surface area (Å²) < 4.78 is 1.52. The number of halogens is 1. The van der Waals surface area contributed by atoms with Crippen LogP contribution in [0.15, 0.2) is 30.7 Å². The number of nitrogens with zero attached hydrogens (tertiary/aromatic N) is 3. The van der Waals surface area contributed by atoms with E-state index in [9.17, 15) is 4.79 Å². The molecule has 0 fully saturated rings. The molecule has 1 aromatic carbocycles. The summed E-state index contributed by atoms with van der Waals surface area (Å²) in [7, 11) is 0. The van der Waals surface area contributed by atoms with E-state index in [1.165, 1.54) is 17.1 Å². The number of carbonyl (C=O) groups is 1. The van der Waals surface area contributed by atoms with Gasteiger partial charge in [0.15, 0.2) is 5.69 Å². The monoisotopic (exact) mass is 247 g/mol. The standard InChI is InChI=1S/C11H6ClN3O2/c12-9-3-8(2-1-7(9)4-13)15-5-10(11(16)17)14-6-15/h1-3,5-6H,(H,16,17). The zero-order chi connectivity index (χ0) is 12.4. The fourth-order valence-electron chi connectivity index (χ4n) is 1.33. The second-order valence-corrected chi connectivity index (χ2v) is 3.65. The number of nitriles is 1. The third-order valence-corrected chi connectivity index (χ3v) is 2.49. The van der Waals surface area contributed by atoms with E-state index in [0.29, 0.717) is 16.3 Å². The predicted octanol–water partition coefficient (Wildman–Crippen LogP) is 2.10. The van der Waals surface area contributed by atoms with Crippen molar-refractivity contribution in [1.29, 1.82) is 5.26 Å². The summed E-state index contributed by atoms with van der Waals surface area (Å²) in [6.07, 6.45) is 2.75. The van der Waals surface area contributed by atoms with Gasteiger partial charge in [-0.1, -0.05) is 11.6 Å². The maximum absolute atomic E-state index is 10.7. The van der Waals surface area contributed by atoms with Crippen LogP contribution in [0.25, 0.3) is 5.69 Å². The third-order valence-electron chi connectivity index (χ3n) is 2.17. The summed E-state index contributed by atoms with van der Waals surface area (Å²) in [4.78, 5) is 14.4. The number of aromatic nitrogens is 2. The largest absolute Gasteiger partial charge is 0.476 e. The molecule has 0 aliphatic heterocycles. The molecule has 0 bridgehead atoms. The lowest BCUT2D eigenvalue weighted by atomic mass is 10.2. The van der Waals surface area contributed by atoms with Crippen molar-refractivity contribution in [3.63, 3.8) is 0 Å². The van der Waals surface area contributed by atoms with Crippen LogP contribution in [0.5, 0.6) is 0 Å². The lowest BCUT2D eigenvalue weighted by Gasteiger charge is -2.02. The maximum atomic E-state index is 10.7. The lowest BCUT2D eigenvalue weighted by Crippen LogP contribution is -1.96. The van der Waals surface area contributed by atoms with Crippen LogP contribution < -0.4 is 0 Å². The van der Waals surface area contributed by atoms with Gasteiger partial charge in [-0.2, -0.15) is 5.26 Å². The SMILES string of the molecule is N#Cc1ccc(-n2cnc(C(=O)O)c2)cc1Cl. The Labute approximate surface area is 102 Å². The van der Waals surface area contributed by atoms with Crippen LogP contribution in [0.4, 0.5) is 0 Å². The molecule has 17 heavy (non-hydrogen) atoms. The van der Waals surface area contributed by atoms with E-state index in [-0.39, 0.29) is 5.69 Å². The van der Waals surface area contributed by atoms with E-state index >= 15 is 0 Å². The number of imidazole rings is 1. The molecule has 6 heteroatoms. The predicted molar refractivity (Wildman–Crippen MR) is 60.2 cm³/mol. The van der Waals surface area contributed by atoms with Crippen LogP contribution in [-0.4, -0.2) is 20.6 Å². The van der Waals surface area contributed by atoms with Crippen LogP contribution in [0.1, 0.15) is 16.1 Å². The van der Waals surface area contributed by atoms with Crippen LogP contribution >= 0.6 is 11.6 Å². The van der Waals surface area contributed by atoms with E-state index in [2.05, 4.69) is 4.98 Å². The van der Waals surface area contributed by atoms with Gasteiger partial charge in [0.25, 0.3) is 0 Å². The molecule has 0 amide bonds. The Hall–Kier alpha value is -2.32. The van der Waals surface area contributed by atoms with Gasteiger partial charge in [0, 0.05) is 11.9 Å². The van der Waals surface area contributed by atoms with Crippen LogP contribution in [0.2, 0.25) is 5.02 Å². The molecule has 5 nitrogen and oxygen atoms in total. The number of aromatic carboxylic acids is 1. The van der Waals surface area contributed by atoms with Gasteiger partial charge in [0.05, 0.1) is 10.6 Å². The van der Waals surface area contributed by atoms with Gasteiger partial charge < -0.3 is 9.67 Å². The fraction of sp³-hybridized carbons (Fsp3) is 0. The zero-order valence-electron chi connectivity index (χ0n) is 8.46. The summed E-state index contributed by atoms with van der Waals surface area (Å²) in [5.74, 6) is -1.09. The molecule has 1 aromatic heterocycles. The highest BCUT2D eigenvalue weighted by molar-refractivity contribution is 6.31. The van der Waals surface area contributed by atoms with E-state index in [4.69, 9.17) is 22.0 Å². The fourth-order valence-corrected chi connectivity index (χ4v) is 1.55. The first-order valence-electron chi connectivity index (χ1n) is 4.59. The van der Waals surface area contributed by atoms with E-state index in [0.717, 1.165) is 0 Å². The molecule has 0 saturated heterocycles. The highest BCUT2D eigenvalue weighted by atomic mass is 35.5. The first-order chi connectivity index (χ1) is 8.11. The minimum absolute atomic E-state index is 0.0505. The highest BCUT2D eigenvalue weighted by Gasteiger charge is 2.08. The Kier molecular flexibility index (Phi) is 2.81. The second-order valence-electron chi connectivity index (χ2n) is 3.25. The van der Waals surface area contributed by atoms with E-state index in [1.54, 1.807) is 18.2 Å². The Balaban J connectivity index is 2.43. The molecule has 0 unspecified atom stereocenters. The lowest BCUT2D eigenvalue weighted by molar-refractivity contribution is 0.0691. The molecule has 1 heterocycles. The normalized spacial score (nSPS) is 9.88. The molecule has 84 valence electrons. The molecule has 0 aliphatic carbocycles. The Bertz CT molecular complexity index is 628. The van der Waals surface area contributed by atoms with Gasteiger partial charge >= 0.3 is 5.97 Å². The Morgan fingerprint density at radius 2 is 2.29 bits per heavy atom. The highest BCUT2D eigenvalue weighted by Crippen LogP contribution is 2.19. The second kappa shape index (κ2) is 4.28. The maximum Gasteiger partial charge on any atom is 0.356 e. The van der Waals surface area contributed by atoms with Crippen molar-refractivity contribution in [2.45, 2.75) is 0 Å². The molecule has 0 spiro atoms. The van der Waals surface area contributed by atoms with E-state index < -0.39 is 5.97 Å². The van der Waals surface area contributed by atoms with Crippen LogP contribution in [0.3, 0.4) is 0 Å². The van der Waals surface area contributed by atoms with Crippen LogP contribution in [-0.2, 0) is 0 Å². The van der Waals surface area contributed by atoms with E-state index in [1.807, 2.05) is 6.07 Å². The average Bonchev–Trinajstić information content (AvgIpc) is 2.78. The first kappa shape index (κ1) is 11.2. The Morgan fingerprint density at radius 1 is 1.53 bits per heavy atom. The number of rotatable bonds is 2. The quantitative estimate of drug-likeness (QED) is 0.881. The van der Waals surface area contributed by atoms with Gasteiger partial charge in [-0.3, -0.25) is 0 Å². The number of hydrogen-bond acceptors (Lipinski definition) is 3. The molecule has 0 atom stereocenters. The molecule has 0 saturated carbocycles. The average molecular weight is 248 g/mol. The number of hydrogen-bond donors (Lipinski definition) is 1. The molecule has 2 aromatic rings. The summed E-state index contributed by atoms with van der Waals surface area (Å²) in [6.45, 7) is 0. The van der Waals surface area contributed by atoms with Gasteiger partial charge in [-0.25, -0.2) is 9.78 Å². The third kappa shape index (κ3) is 2.12. The minimum Gasteiger partial charge on any atom is -0.476 e. The van der Waals surface area contributed by atoms with Gasteiger partial charge in [0.1, 0.15) is 12.4 Å². The van der Waals surface area contributed by atoms with Gasteiger partial charge in [-0.05, 0) is 18.2 Å². The molecule has 0 radical (unpaired) electrons. The molecular formula is C11H6ClN3O2. The topological polar surface area (TPSA) is 78.9 Å². The van der Waals surface area contributed by atoms with Gasteiger partial charge in [-0.15, -0.1) is 0 Å². The van der Waals surface area contributed by atoms with Crippen molar-refractivity contribution in [2.75, 3.05) is 0 Å². The number of carboxylic acid groups (broad SMARTS) is 1. The number of benzene rings is 1.